The number of nitrogens with zero attached hydrogens (tertiary/aromatic N) is 2. The molecule has 1 saturated heterocycles. The molecule has 7 nitrogen and oxygen atoms in total. The van der Waals surface area contributed by atoms with Gasteiger partial charge in [0.1, 0.15) is 5.60 Å². The van der Waals surface area contributed by atoms with Gasteiger partial charge in [0.15, 0.2) is 0 Å². The predicted octanol–water partition coefficient (Wildman–Crippen LogP) is 0.481. The summed E-state index contributed by atoms with van der Waals surface area (Å²) in [6.07, 6.45) is 0.0202. The lowest BCUT2D eigenvalue weighted by Crippen LogP contribution is -2.57. The monoisotopic (exact) mass is 349 g/mol. The fourth-order valence-electron chi connectivity index (χ4n) is 3.14. The molecule has 0 saturated carbocycles. The Hall–Kier alpha value is -1.96. The number of nitrogens with two attached hydrogens (primary N) is 1. The zero-order valence-corrected chi connectivity index (χ0v) is 15.2. The highest BCUT2D eigenvalue weighted by Gasteiger charge is 2.40. The molecule has 1 aliphatic rings. The molecule has 1 aliphatic heterocycles. The maximum Gasteiger partial charge on any atom is 0.254 e. The second kappa shape index (κ2) is 8.42. The maximum atomic E-state index is 12.8. The van der Waals surface area contributed by atoms with Crippen LogP contribution in [0, 0.1) is 0 Å². The number of rotatable bonds is 7. The summed E-state index contributed by atoms with van der Waals surface area (Å²) >= 11 is 0. The Kier molecular flexibility index (Phi) is 6.52. The van der Waals surface area contributed by atoms with E-state index in [0.717, 1.165) is 12.1 Å². The Labute approximate surface area is 148 Å². The number of primary amides is 1. The standard InChI is InChI=1S/C18H27N3O4/c1-20(2)11-14-4-6-15(7-5-14)17(23)21-8-9-25-18(12-21,13-24-3)10-16(19)22/h4-7H,8-13H2,1-3H3,(H2,19,22). The van der Waals surface area contributed by atoms with Gasteiger partial charge in [0.25, 0.3) is 5.91 Å². The molecule has 1 fully saturated rings. The van der Waals surface area contributed by atoms with Crippen LogP contribution in [-0.4, -0.2) is 74.7 Å². The summed E-state index contributed by atoms with van der Waals surface area (Å²) in [5, 5.41) is 0. The fraction of sp³-hybridized carbons (Fsp3) is 0.556. The smallest absolute Gasteiger partial charge is 0.254 e. The molecule has 2 N–H and O–H groups in total. The van der Waals surface area contributed by atoms with Crippen molar-refractivity contribution in [3.05, 3.63) is 35.4 Å². The third-order valence-corrected chi connectivity index (χ3v) is 4.14. The molecule has 25 heavy (non-hydrogen) atoms. The van der Waals surface area contributed by atoms with Gasteiger partial charge in [-0.1, -0.05) is 12.1 Å². The number of ether oxygens (including phenoxy) is 2. The predicted molar refractivity (Wildman–Crippen MR) is 94.1 cm³/mol. The van der Waals surface area contributed by atoms with Crippen LogP contribution < -0.4 is 5.73 Å². The van der Waals surface area contributed by atoms with Gasteiger partial charge >= 0.3 is 0 Å². The molecule has 0 aliphatic carbocycles. The van der Waals surface area contributed by atoms with E-state index in [4.69, 9.17) is 15.2 Å². The molecule has 2 amide bonds. The van der Waals surface area contributed by atoms with Crippen LogP contribution in [0.1, 0.15) is 22.3 Å². The first-order valence-electron chi connectivity index (χ1n) is 8.29. The van der Waals surface area contributed by atoms with Gasteiger partial charge in [0.2, 0.25) is 5.91 Å². The number of hydrogen-bond donors (Lipinski definition) is 1. The highest BCUT2D eigenvalue weighted by Crippen LogP contribution is 2.24. The summed E-state index contributed by atoms with van der Waals surface area (Å²) in [5.41, 5.74) is 6.23. The first-order valence-corrected chi connectivity index (χ1v) is 8.29. The molecule has 138 valence electrons. The number of amides is 2. The Morgan fingerprint density at radius 2 is 2.00 bits per heavy atom. The highest BCUT2D eigenvalue weighted by molar-refractivity contribution is 5.94. The van der Waals surface area contributed by atoms with E-state index in [1.807, 2.05) is 38.4 Å². The molecule has 1 heterocycles. The van der Waals surface area contributed by atoms with Crippen LogP contribution >= 0.6 is 0 Å². The Bertz CT molecular complexity index is 599. The van der Waals surface area contributed by atoms with Crippen molar-refractivity contribution in [2.45, 2.75) is 18.6 Å². The van der Waals surface area contributed by atoms with Gasteiger partial charge in [0, 0.05) is 25.8 Å². The summed E-state index contributed by atoms with van der Waals surface area (Å²) in [6, 6.07) is 7.59. The van der Waals surface area contributed by atoms with Crippen molar-refractivity contribution in [1.29, 1.82) is 0 Å². The lowest BCUT2D eigenvalue weighted by Gasteiger charge is -2.41. The molecular formula is C18H27N3O4. The second-order valence-corrected chi connectivity index (χ2v) is 6.77. The topological polar surface area (TPSA) is 85.1 Å². The van der Waals surface area contributed by atoms with Crippen LogP contribution in [0.5, 0.6) is 0 Å². The normalized spacial score (nSPS) is 20.7. The minimum Gasteiger partial charge on any atom is -0.382 e. The molecule has 0 aromatic heterocycles. The van der Waals surface area contributed by atoms with E-state index in [1.54, 1.807) is 4.90 Å². The van der Waals surface area contributed by atoms with Gasteiger partial charge in [-0.15, -0.1) is 0 Å². The van der Waals surface area contributed by atoms with Crippen molar-refractivity contribution < 1.29 is 19.1 Å². The van der Waals surface area contributed by atoms with E-state index in [0.29, 0.717) is 18.7 Å². The summed E-state index contributed by atoms with van der Waals surface area (Å²) < 4.78 is 11.0. The van der Waals surface area contributed by atoms with Crippen LogP contribution in [-0.2, 0) is 20.8 Å². The lowest BCUT2D eigenvalue weighted by atomic mass is 9.97. The lowest BCUT2D eigenvalue weighted by molar-refractivity contribution is -0.148. The Balaban J connectivity index is 2.11. The molecular weight excluding hydrogens is 322 g/mol. The minimum atomic E-state index is -0.876. The van der Waals surface area contributed by atoms with Gasteiger partial charge in [0.05, 0.1) is 26.2 Å². The average Bonchev–Trinajstić information content (AvgIpc) is 2.54. The second-order valence-electron chi connectivity index (χ2n) is 6.77. The highest BCUT2D eigenvalue weighted by atomic mass is 16.5. The number of carbonyl (C=O) groups excluding carboxylic acids is 2. The summed E-state index contributed by atoms with van der Waals surface area (Å²) in [4.78, 5) is 28.0. The summed E-state index contributed by atoms with van der Waals surface area (Å²) in [7, 11) is 5.54. The zero-order valence-electron chi connectivity index (χ0n) is 15.2. The van der Waals surface area contributed by atoms with E-state index in [-0.39, 0.29) is 25.5 Å². The van der Waals surface area contributed by atoms with Gasteiger partial charge in [-0.3, -0.25) is 9.59 Å². The van der Waals surface area contributed by atoms with Crippen LogP contribution in [0.15, 0.2) is 24.3 Å². The Morgan fingerprint density at radius 1 is 1.32 bits per heavy atom. The van der Waals surface area contributed by atoms with E-state index >= 15 is 0 Å². The molecule has 0 bridgehead atoms. The van der Waals surface area contributed by atoms with Crippen molar-refractivity contribution >= 4 is 11.8 Å². The van der Waals surface area contributed by atoms with Crippen molar-refractivity contribution in [2.75, 3.05) is 47.5 Å². The minimum absolute atomic E-state index is 0.0202. The van der Waals surface area contributed by atoms with Crippen molar-refractivity contribution in [3.63, 3.8) is 0 Å². The molecule has 0 radical (unpaired) electrons. The fourth-order valence-corrected chi connectivity index (χ4v) is 3.14. The van der Waals surface area contributed by atoms with Crippen LogP contribution in [0.3, 0.4) is 0 Å². The number of carbonyl (C=O) groups is 2. The number of morpholine rings is 1. The number of hydrogen-bond acceptors (Lipinski definition) is 5. The van der Waals surface area contributed by atoms with E-state index in [2.05, 4.69) is 4.90 Å². The molecule has 0 spiro atoms. The molecule has 1 atom stereocenters. The Morgan fingerprint density at radius 3 is 2.56 bits per heavy atom. The van der Waals surface area contributed by atoms with Crippen molar-refractivity contribution in [1.82, 2.24) is 9.80 Å². The quantitative estimate of drug-likeness (QED) is 0.774. The molecule has 7 heteroatoms. The molecule has 1 aromatic rings. The molecule has 2 rings (SSSR count). The van der Waals surface area contributed by atoms with Crippen molar-refractivity contribution in [2.24, 2.45) is 5.73 Å². The molecule has 1 aromatic carbocycles. The average molecular weight is 349 g/mol. The largest absolute Gasteiger partial charge is 0.382 e. The third kappa shape index (κ3) is 5.26. The number of methoxy groups -OCH3 is 1. The van der Waals surface area contributed by atoms with Crippen LogP contribution in [0.2, 0.25) is 0 Å². The zero-order chi connectivity index (χ0) is 18.4. The summed E-state index contributed by atoms with van der Waals surface area (Å²) in [6.45, 7) is 2.13. The van der Waals surface area contributed by atoms with Crippen LogP contribution in [0.4, 0.5) is 0 Å². The van der Waals surface area contributed by atoms with E-state index in [9.17, 15) is 9.59 Å². The van der Waals surface area contributed by atoms with E-state index < -0.39 is 11.5 Å². The van der Waals surface area contributed by atoms with Gasteiger partial charge in [-0.05, 0) is 31.8 Å². The summed E-state index contributed by atoms with van der Waals surface area (Å²) in [5.74, 6) is -0.552. The first-order chi connectivity index (χ1) is 11.8. The van der Waals surface area contributed by atoms with Gasteiger partial charge in [-0.2, -0.15) is 0 Å². The van der Waals surface area contributed by atoms with Crippen LogP contribution in [0.25, 0.3) is 0 Å². The number of benzene rings is 1. The third-order valence-electron chi connectivity index (χ3n) is 4.14. The van der Waals surface area contributed by atoms with E-state index in [1.165, 1.54) is 7.11 Å². The molecule has 1 unspecified atom stereocenters. The van der Waals surface area contributed by atoms with Crippen molar-refractivity contribution in [3.8, 4) is 0 Å². The van der Waals surface area contributed by atoms with Gasteiger partial charge < -0.3 is 25.0 Å². The first kappa shape index (κ1) is 19.4. The SMILES string of the molecule is COCC1(CC(N)=O)CN(C(=O)c2ccc(CN(C)C)cc2)CCO1. The maximum absolute atomic E-state index is 12.8. The van der Waals surface area contributed by atoms with Gasteiger partial charge in [-0.25, -0.2) is 0 Å².